The third kappa shape index (κ3) is 2.68. The molecule has 182 valence electrons. The van der Waals surface area contributed by atoms with Crippen molar-refractivity contribution in [2.24, 2.45) is 14.1 Å². The lowest BCUT2D eigenvalue weighted by molar-refractivity contribution is 0.0247. The fraction of sp³-hybridized carbons (Fsp3) is 0.241. The number of fused-ring (bicyclic) bond motifs is 3. The number of aryl methyl sites for hydroxylation is 2. The van der Waals surface area contributed by atoms with E-state index in [9.17, 15) is 4.79 Å². The number of benzene rings is 2. The molecule has 7 nitrogen and oxygen atoms in total. The molecule has 36 heavy (non-hydrogen) atoms. The van der Waals surface area contributed by atoms with Crippen LogP contribution in [-0.4, -0.2) is 34.3 Å². The van der Waals surface area contributed by atoms with E-state index in [1.165, 1.54) is 0 Å². The Hall–Kier alpha value is -4.26. The zero-order valence-electron chi connectivity index (χ0n) is 21.2. The molecule has 0 amide bonds. The van der Waals surface area contributed by atoms with Crippen LogP contribution in [0.25, 0.3) is 21.8 Å². The van der Waals surface area contributed by atoms with Crippen LogP contribution < -0.4 is 9.47 Å². The number of esters is 1. The van der Waals surface area contributed by atoms with Crippen molar-refractivity contribution in [3.8, 4) is 11.5 Å². The van der Waals surface area contributed by atoms with Crippen molar-refractivity contribution >= 4 is 27.8 Å². The summed E-state index contributed by atoms with van der Waals surface area (Å²) in [5.74, 6) is 1.06. The van der Waals surface area contributed by atoms with Crippen molar-refractivity contribution in [3.05, 3.63) is 88.5 Å². The summed E-state index contributed by atoms with van der Waals surface area (Å²) in [4.78, 5) is 18.2. The van der Waals surface area contributed by atoms with Gasteiger partial charge in [0, 0.05) is 64.6 Å². The van der Waals surface area contributed by atoms with Gasteiger partial charge in [-0.1, -0.05) is 0 Å². The van der Waals surface area contributed by atoms with Gasteiger partial charge in [0.1, 0.15) is 17.2 Å². The summed E-state index contributed by atoms with van der Waals surface area (Å²) in [6, 6.07) is 15.5. The molecule has 0 saturated heterocycles. The lowest BCUT2D eigenvalue weighted by atomic mass is 9.79. The Morgan fingerprint density at radius 3 is 1.86 bits per heavy atom. The van der Waals surface area contributed by atoms with E-state index in [4.69, 9.17) is 19.2 Å². The molecule has 5 aromatic rings. The number of rotatable bonds is 4. The van der Waals surface area contributed by atoms with Crippen LogP contribution in [0.15, 0.2) is 54.7 Å². The lowest BCUT2D eigenvalue weighted by Gasteiger charge is -2.30. The van der Waals surface area contributed by atoms with Crippen LogP contribution in [0, 0.1) is 13.8 Å². The topological polar surface area (TPSA) is 67.5 Å². The highest BCUT2D eigenvalue weighted by Crippen LogP contribution is 2.53. The van der Waals surface area contributed by atoms with E-state index < -0.39 is 11.6 Å². The van der Waals surface area contributed by atoms with Crippen LogP contribution in [0.1, 0.15) is 38.6 Å². The number of hydrogen-bond donors (Lipinski definition) is 0. The van der Waals surface area contributed by atoms with Crippen molar-refractivity contribution in [3.63, 3.8) is 0 Å². The number of aromatic nitrogens is 3. The minimum atomic E-state index is -1.26. The first-order chi connectivity index (χ1) is 17.3. The SMILES string of the molecule is COc1ccc2c(c1)c(C1(c3c(C)n(C)c4ccc(OC)cc34)OC(=O)c3cccnc31)c(C)n2C. The summed E-state index contributed by atoms with van der Waals surface area (Å²) >= 11 is 0. The molecule has 1 aliphatic rings. The standard InChI is InChI=1S/C29H27N3O4/c1-16-25(21-14-18(34-5)9-11-23(21)31(16)3)29(27-20(28(33)36-29)8-7-13-30-27)26-17(2)32(4)24-12-10-19(35-6)15-22(24)26/h7-15H,1-6H3. The molecule has 3 aromatic heterocycles. The van der Waals surface area contributed by atoms with Crippen molar-refractivity contribution in [2.45, 2.75) is 19.4 Å². The van der Waals surface area contributed by atoms with Gasteiger partial charge in [0.05, 0.1) is 19.8 Å². The number of hydrogen-bond acceptors (Lipinski definition) is 5. The van der Waals surface area contributed by atoms with E-state index in [2.05, 4.69) is 23.0 Å². The van der Waals surface area contributed by atoms with Crippen LogP contribution in [0.2, 0.25) is 0 Å². The Balaban J connectivity index is 1.85. The first-order valence-corrected chi connectivity index (χ1v) is 11.8. The molecule has 7 heteroatoms. The molecule has 0 spiro atoms. The van der Waals surface area contributed by atoms with Gasteiger partial charge < -0.3 is 23.3 Å². The average Bonchev–Trinajstić information content (AvgIpc) is 3.43. The summed E-state index contributed by atoms with van der Waals surface area (Å²) in [5.41, 5.74) is 5.53. The van der Waals surface area contributed by atoms with Gasteiger partial charge in [-0.2, -0.15) is 0 Å². The van der Waals surface area contributed by atoms with E-state index >= 15 is 0 Å². The predicted octanol–water partition coefficient (Wildman–Crippen LogP) is 5.16. The van der Waals surface area contributed by atoms with E-state index in [0.29, 0.717) is 11.3 Å². The lowest BCUT2D eigenvalue weighted by Crippen LogP contribution is -2.32. The Kier molecular flexibility index (Phi) is 4.70. The van der Waals surface area contributed by atoms with Crippen LogP contribution >= 0.6 is 0 Å². The third-order valence-corrected chi connectivity index (χ3v) is 7.71. The number of methoxy groups -OCH3 is 2. The van der Waals surface area contributed by atoms with E-state index in [0.717, 1.165) is 55.8 Å². The van der Waals surface area contributed by atoms with Gasteiger partial charge >= 0.3 is 5.97 Å². The van der Waals surface area contributed by atoms with Crippen molar-refractivity contribution in [1.82, 2.24) is 14.1 Å². The predicted molar refractivity (Wildman–Crippen MR) is 138 cm³/mol. The summed E-state index contributed by atoms with van der Waals surface area (Å²) in [6.07, 6.45) is 1.72. The Labute approximate surface area is 208 Å². The maximum absolute atomic E-state index is 13.5. The summed E-state index contributed by atoms with van der Waals surface area (Å²) < 4.78 is 22.0. The van der Waals surface area contributed by atoms with E-state index in [-0.39, 0.29) is 0 Å². The number of ether oxygens (including phenoxy) is 3. The maximum Gasteiger partial charge on any atom is 0.341 e. The average molecular weight is 482 g/mol. The van der Waals surface area contributed by atoms with Gasteiger partial charge in [0.15, 0.2) is 0 Å². The van der Waals surface area contributed by atoms with Crippen LogP contribution in [0.5, 0.6) is 11.5 Å². The van der Waals surface area contributed by atoms with Gasteiger partial charge in [-0.25, -0.2) is 4.79 Å². The Morgan fingerprint density at radius 2 is 1.36 bits per heavy atom. The molecule has 0 bridgehead atoms. The zero-order chi connectivity index (χ0) is 25.4. The molecular weight excluding hydrogens is 454 g/mol. The largest absolute Gasteiger partial charge is 0.497 e. The van der Waals surface area contributed by atoms with Gasteiger partial charge in [-0.15, -0.1) is 0 Å². The Morgan fingerprint density at radius 1 is 0.833 bits per heavy atom. The highest BCUT2D eigenvalue weighted by atomic mass is 16.6. The molecule has 2 aromatic carbocycles. The first-order valence-electron chi connectivity index (χ1n) is 11.8. The molecule has 6 rings (SSSR count). The van der Waals surface area contributed by atoms with Crippen LogP contribution in [0.3, 0.4) is 0 Å². The highest BCUT2D eigenvalue weighted by molar-refractivity contribution is 6.01. The second-order valence-electron chi connectivity index (χ2n) is 9.28. The van der Waals surface area contributed by atoms with Gasteiger partial charge in [0.2, 0.25) is 5.60 Å². The van der Waals surface area contributed by atoms with Crippen LogP contribution in [0.4, 0.5) is 0 Å². The number of cyclic esters (lactones) is 1. The van der Waals surface area contributed by atoms with Crippen molar-refractivity contribution in [2.75, 3.05) is 14.2 Å². The smallest absolute Gasteiger partial charge is 0.341 e. The normalized spacial score (nSPS) is 14.3. The molecule has 0 N–H and O–H groups in total. The zero-order valence-corrected chi connectivity index (χ0v) is 21.2. The molecule has 0 atom stereocenters. The number of carbonyl (C=O) groups excluding carboxylic acids is 1. The van der Waals surface area contributed by atoms with E-state index in [1.54, 1.807) is 32.5 Å². The summed E-state index contributed by atoms with van der Waals surface area (Å²) in [7, 11) is 7.35. The quantitative estimate of drug-likeness (QED) is 0.332. The van der Waals surface area contributed by atoms with Gasteiger partial charge in [-0.3, -0.25) is 4.98 Å². The fourth-order valence-electron chi connectivity index (χ4n) is 5.80. The molecule has 1 aliphatic heterocycles. The first kappa shape index (κ1) is 22.2. The molecule has 0 saturated carbocycles. The third-order valence-electron chi connectivity index (χ3n) is 7.71. The maximum atomic E-state index is 13.5. The number of carbonyl (C=O) groups is 1. The number of pyridine rings is 1. The van der Waals surface area contributed by atoms with Gasteiger partial charge in [-0.05, 0) is 62.4 Å². The minimum Gasteiger partial charge on any atom is -0.497 e. The number of nitrogens with zero attached hydrogens (tertiary/aromatic N) is 3. The molecule has 0 unspecified atom stereocenters. The summed E-state index contributed by atoms with van der Waals surface area (Å²) in [5, 5.41) is 1.89. The molecular formula is C29H27N3O4. The minimum absolute atomic E-state index is 0.392. The Bertz CT molecular complexity index is 1620. The van der Waals surface area contributed by atoms with Gasteiger partial charge in [0.25, 0.3) is 0 Å². The molecule has 4 heterocycles. The fourth-order valence-corrected chi connectivity index (χ4v) is 5.80. The monoisotopic (exact) mass is 481 g/mol. The highest BCUT2D eigenvalue weighted by Gasteiger charge is 2.54. The van der Waals surface area contributed by atoms with Crippen LogP contribution in [-0.2, 0) is 24.4 Å². The summed E-state index contributed by atoms with van der Waals surface area (Å²) in [6.45, 7) is 4.11. The van der Waals surface area contributed by atoms with E-state index in [1.807, 2.05) is 50.5 Å². The second kappa shape index (κ2) is 7.62. The molecule has 0 fully saturated rings. The second-order valence-corrected chi connectivity index (χ2v) is 9.28. The molecule has 0 radical (unpaired) electrons. The van der Waals surface area contributed by atoms with Crippen molar-refractivity contribution in [1.29, 1.82) is 0 Å². The van der Waals surface area contributed by atoms with Crippen molar-refractivity contribution < 1.29 is 19.0 Å². The molecule has 0 aliphatic carbocycles.